The summed E-state index contributed by atoms with van der Waals surface area (Å²) >= 11 is 0. The maximum Gasteiger partial charge on any atom is 0.229 e. The molecule has 2 amide bonds. The molecule has 33 heavy (non-hydrogen) atoms. The molecule has 0 aliphatic heterocycles. The van der Waals surface area contributed by atoms with Gasteiger partial charge in [0.15, 0.2) is 0 Å². The maximum absolute atomic E-state index is 14.5. The number of rotatable bonds is 7. The highest BCUT2D eigenvalue weighted by Crippen LogP contribution is 2.60. The minimum atomic E-state index is -0.808. The van der Waals surface area contributed by atoms with Gasteiger partial charge in [-0.2, -0.15) is 0 Å². The van der Waals surface area contributed by atoms with Crippen molar-refractivity contribution in [2.24, 2.45) is 23.2 Å². The standard InChI is InChI=1S/C26H29F2N3O2/c27-20-4-5-23(22(28)12-20)31(16-21-3-1-2-7-29-21)24(32)6-8-30-25(33)26-13-17-9-18(14-26)11-19(10-17)15-26/h1-5,7,12,17-19H,6,8-11,13-16H2,(H,30,33). The first-order valence-corrected chi connectivity index (χ1v) is 11.9. The lowest BCUT2D eigenvalue weighted by atomic mass is 9.49. The number of hydrogen-bond donors (Lipinski definition) is 1. The summed E-state index contributed by atoms with van der Waals surface area (Å²) in [5.74, 6) is 0.202. The largest absolute Gasteiger partial charge is 0.355 e. The summed E-state index contributed by atoms with van der Waals surface area (Å²) in [5, 5.41) is 3.01. The minimum Gasteiger partial charge on any atom is -0.355 e. The van der Waals surface area contributed by atoms with E-state index in [9.17, 15) is 18.4 Å². The molecule has 4 aliphatic carbocycles. The number of nitrogens with one attached hydrogen (secondary N) is 1. The molecule has 4 bridgehead atoms. The lowest BCUT2D eigenvalue weighted by Gasteiger charge is -2.55. The Morgan fingerprint density at radius 1 is 1.03 bits per heavy atom. The normalized spacial score (nSPS) is 27.4. The summed E-state index contributed by atoms with van der Waals surface area (Å²) in [6.45, 7) is 0.256. The van der Waals surface area contributed by atoms with Crippen molar-refractivity contribution >= 4 is 17.5 Å². The number of pyridine rings is 1. The van der Waals surface area contributed by atoms with Crippen LogP contribution in [0.1, 0.15) is 50.6 Å². The molecule has 1 heterocycles. The second kappa shape index (κ2) is 8.84. The van der Waals surface area contributed by atoms with E-state index in [1.54, 1.807) is 24.4 Å². The van der Waals surface area contributed by atoms with E-state index in [-0.39, 0.29) is 42.4 Å². The number of anilines is 1. The average Bonchev–Trinajstić information content (AvgIpc) is 2.77. The van der Waals surface area contributed by atoms with Gasteiger partial charge < -0.3 is 10.2 Å². The molecule has 0 unspecified atom stereocenters. The van der Waals surface area contributed by atoms with Crippen LogP contribution in [0, 0.1) is 34.8 Å². The van der Waals surface area contributed by atoms with Crippen LogP contribution in [0.15, 0.2) is 42.6 Å². The highest BCUT2D eigenvalue weighted by Gasteiger charge is 2.54. The smallest absolute Gasteiger partial charge is 0.229 e. The topological polar surface area (TPSA) is 62.3 Å². The van der Waals surface area contributed by atoms with Crippen LogP contribution in [-0.4, -0.2) is 23.3 Å². The number of carbonyl (C=O) groups excluding carboxylic acids is 2. The molecule has 2 aromatic rings. The summed E-state index contributed by atoms with van der Waals surface area (Å²) < 4.78 is 27.9. The highest BCUT2D eigenvalue weighted by molar-refractivity contribution is 5.94. The van der Waals surface area contributed by atoms with E-state index in [4.69, 9.17) is 0 Å². The van der Waals surface area contributed by atoms with Gasteiger partial charge in [-0.25, -0.2) is 8.78 Å². The summed E-state index contributed by atoms with van der Waals surface area (Å²) in [4.78, 5) is 31.8. The van der Waals surface area contributed by atoms with Gasteiger partial charge in [-0.05, 0) is 80.5 Å². The van der Waals surface area contributed by atoms with Crippen molar-refractivity contribution in [1.29, 1.82) is 0 Å². The number of hydrogen-bond acceptors (Lipinski definition) is 3. The van der Waals surface area contributed by atoms with E-state index in [1.807, 2.05) is 0 Å². The molecule has 0 saturated heterocycles. The van der Waals surface area contributed by atoms with Crippen molar-refractivity contribution in [2.75, 3.05) is 11.4 Å². The van der Waals surface area contributed by atoms with E-state index in [1.165, 1.54) is 30.2 Å². The summed E-state index contributed by atoms with van der Waals surface area (Å²) in [6, 6.07) is 8.46. The zero-order chi connectivity index (χ0) is 23.0. The van der Waals surface area contributed by atoms with Crippen molar-refractivity contribution in [3.63, 3.8) is 0 Å². The zero-order valence-corrected chi connectivity index (χ0v) is 18.6. The van der Waals surface area contributed by atoms with Crippen molar-refractivity contribution in [1.82, 2.24) is 10.3 Å². The van der Waals surface area contributed by atoms with Gasteiger partial charge in [-0.1, -0.05) is 6.07 Å². The molecular weight excluding hydrogens is 424 g/mol. The van der Waals surface area contributed by atoms with Crippen LogP contribution >= 0.6 is 0 Å². The van der Waals surface area contributed by atoms with Gasteiger partial charge in [0.1, 0.15) is 11.6 Å². The molecule has 0 spiro atoms. The predicted octanol–water partition coefficient (Wildman–Crippen LogP) is 4.62. The van der Waals surface area contributed by atoms with E-state index >= 15 is 0 Å². The minimum absolute atomic E-state index is 0.000496. The number of amides is 2. The third-order valence-electron chi connectivity index (χ3n) is 7.69. The molecule has 5 nitrogen and oxygen atoms in total. The third kappa shape index (κ3) is 4.50. The molecule has 4 aliphatic rings. The lowest BCUT2D eigenvalue weighted by molar-refractivity contribution is -0.146. The predicted molar refractivity (Wildman–Crippen MR) is 120 cm³/mol. The van der Waals surface area contributed by atoms with Gasteiger partial charge in [0.05, 0.1) is 17.9 Å². The fourth-order valence-corrected chi connectivity index (χ4v) is 6.66. The van der Waals surface area contributed by atoms with Gasteiger partial charge in [-0.15, -0.1) is 0 Å². The monoisotopic (exact) mass is 453 g/mol. The highest BCUT2D eigenvalue weighted by atomic mass is 19.1. The molecule has 4 fully saturated rings. The Morgan fingerprint density at radius 2 is 1.73 bits per heavy atom. The maximum atomic E-state index is 14.5. The van der Waals surface area contributed by atoms with Gasteiger partial charge >= 0.3 is 0 Å². The summed E-state index contributed by atoms with van der Waals surface area (Å²) in [6.07, 6.45) is 8.30. The van der Waals surface area contributed by atoms with Crippen LogP contribution in [0.5, 0.6) is 0 Å². The third-order valence-corrected chi connectivity index (χ3v) is 7.69. The van der Waals surface area contributed by atoms with E-state index < -0.39 is 11.6 Å². The van der Waals surface area contributed by atoms with Crippen LogP contribution in [0.25, 0.3) is 0 Å². The fraction of sp³-hybridized carbons (Fsp3) is 0.500. The lowest BCUT2D eigenvalue weighted by Crippen LogP contribution is -2.53. The van der Waals surface area contributed by atoms with Gasteiger partial charge in [0, 0.05) is 30.6 Å². The Morgan fingerprint density at radius 3 is 2.33 bits per heavy atom. The Hall–Kier alpha value is -2.83. The molecule has 4 saturated carbocycles. The van der Waals surface area contributed by atoms with Crippen LogP contribution in [0.4, 0.5) is 14.5 Å². The second-order valence-corrected chi connectivity index (χ2v) is 10.1. The molecule has 1 N–H and O–H groups in total. The number of halogens is 2. The Bertz CT molecular complexity index is 1010. The van der Waals surface area contributed by atoms with E-state index in [0.717, 1.165) is 31.4 Å². The average molecular weight is 454 g/mol. The molecule has 174 valence electrons. The summed E-state index contributed by atoms with van der Waals surface area (Å²) in [7, 11) is 0. The van der Waals surface area contributed by atoms with Crippen LogP contribution in [-0.2, 0) is 16.1 Å². The first-order chi connectivity index (χ1) is 15.9. The number of carbonyl (C=O) groups is 2. The molecule has 0 atom stereocenters. The SMILES string of the molecule is O=C(CCNC(=O)C12CC3CC(CC(C3)C1)C2)N(Cc1ccccn1)c1ccc(F)cc1F. The quantitative estimate of drug-likeness (QED) is 0.666. The second-order valence-electron chi connectivity index (χ2n) is 10.1. The molecule has 1 aromatic carbocycles. The molecule has 0 radical (unpaired) electrons. The molecular formula is C26H29F2N3O2. The Kier molecular flexibility index (Phi) is 5.89. The van der Waals surface area contributed by atoms with Crippen molar-refractivity contribution < 1.29 is 18.4 Å². The van der Waals surface area contributed by atoms with Crippen LogP contribution in [0.3, 0.4) is 0 Å². The van der Waals surface area contributed by atoms with E-state index in [2.05, 4.69) is 10.3 Å². The molecule has 7 heteroatoms. The molecule has 6 rings (SSSR count). The van der Waals surface area contributed by atoms with Gasteiger partial charge in [0.25, 0.3) is 0 Å². The van der Waals surface area contributed by atoms with E-state index in [0.29, 0.717) is 23.4 Å². The number of nitrogens with zero attached hydrogens (tertiary/aromatic N) is 2. The fourth-order valence-electron chi connectivity index (χ4n) is 6.66. The summed E-state index contributed by atoms with van der Waals surface area (Å²) in [5.41, 5.74) is 0.320. The molecule has 1 aromatic heterocycles. The van der Waals surface area contributed by atoms with Crippen molar-refractivity contribution in [3.05, 3.63) is 59.9 Å². The van der Waals surface area contributed by atoms with Gasteiger partial charge in [-0.3, -0.25) is 14.6 Å². The Balaban J connectivity index is 1.25. The van der Waals surface area contributed by atoms with Gasteiger partial charge in [0.2, 0.25) is 11.8 Å². The zero-order valence-electron chi connectivity index (χ0n) is 18.6. The van der Waals surface area contributed by atoms with Crippen molar-refractivity contribution in [2.45, 2.75) is 51.5 Å². The Labute approximate surface area is 192 Å². The first kappa shape index (κ1) is 22.0. The number of benzene rings is 1. The van der Waals surface area contributed by atoms with Crippen LogP contribution < -0.4 is 10.2 Å². The first-order valence-electron chi connectivity index (χ1n) is 11.9. The van der Waals surface area contributed by atoms with Crippen LogP contribution in [0.2, 0.25) is 0 Å². The number of aromatic nitrogens is 1. The van der Waals surface area contributed by atoms with Crippen molar-refractivity contribution in [3.8, 4) is 0 Å².